The van der Waals surface area contributed by atoms with Crippen molar-refractivity contribution in [1.82, 2.24) is 9.55 Å². The van der Waals surface area contributed by atoms with Gasteiger partial charge in [0.1, 0.15) is 12.1 Å². The number of hydrogen-bond donors (Lipinski definition) is 0. The van der Waals surface area contributed by atoms with E-state index in [0.717, 1.165) is 11.2 Å². The van der Waals surface area contributed by atoms with E-state index in [0.29, 0.717) is 16.3 Å². The van der Waals surface area contributed by atoms with Crippen LogP contribution in [0.3, 0.4) is 0 Å². The van der Waals surface area contributed by atoms with Crippen LogP contribution in [0.25, 0.3) is 16.7 Å². The number of ether oxygens (including phenoxy) is 1. The Balaban J connectivity index is 2.22. The maximum atomic E-state index is 10.9. The van der Waals surface area contributed by atoms with Gasteiger partial charge < -0.3 is 14.6 Å². The summed E-state index contributed by atoms with van der Waals surface area (Å²) < 4.78 is 7.11. The number of carbonyl (C=O) groups excluding carboxylic acids is 1. The summed E-state index contributed by atoms with van der Waals surface area (Å²) in [5, 5.41) is 11.5. The number of imidazole rings is 1. The smallest absolute Gasteiger partial charge is 0.143 e. The summed E-state index contributed by atoms with van der Waals surface area (Å²) in [6.45, 7) is 0. The number of aromatic nitrogens is 2. The molecule has 106 valence electrons. The number of nitrogens with zero attached hydrogens (tertiary/aromatic N) is 2. The topological polar surface area (TPSA) is 67.2 Å². The van der Waals surface area contributed by atoms with Crippen LogP contribution in [-0.2, 0) is 0 Å². The zero-order chi connectivity index (χ0) is 15.0. The second-order valence-electron chi connectivity index (χ2n) is 4.42. The Hall–Kier alpha value is -2.53. The maximum Gasteiger partial charge on any atom is 0.143 e. The largest absolute Gasteiger partial charge is 0.545 e. The summed E-state index contributed by atoms with van der Waals surface area (Å²) in [6.07, 6.45) is 1.60. The predicted octanol–water partition coefficient (Wildman–Crippen LogP) is 2.05. The molecule has 0 aliphatic carbocycles. The fourth-order valence-electron chi connectivity index (χ4n) is 2.18. The van der Waals surface area contributed by atoms with E-state index in [1.165, 1.54) is 12.1 Å². The summed E-state index contributed by atoms with van der Waals surface area (Å²) in [5.74, 6) is -0.588. The minimum atomic E-state index is -1.23. The van der Waals surface area contributed by atoms with Crippen LogP contribution in [0.5, 0.6) is 5.75 Å². The number of aromatic carboxylic acids is 1. The van der Waals surface area contributed by atoms with E-state index in [9.17, 15) is 9.90 Å². The molecule has 0 saturated carbocycles. The predicted molar refractivity (Wildman–Crippen MR) is 77.0 cm³/mol. The van der Waals surface area contributed by atoms with Gasteiger partial charge in [-0.15, -0.1) is 0 Å². The van der Waals surface area contributed by atoms with Gasteiger partial charge in [0.05, 0.1) is 29.8 Å². The normalized spacial score (nSPS) is 10.8. The first-order chi connectivity index (χ1) is 10.1. The number of methoxy groups -OCH3 is 1. The fourth-order valence-corrected chi connectivity index (χ4v) is 2.35. The number of fused-ring (bicyclic) bond motifs is 1. The second kappa shape index (κ2) is 5.10. The highest BCUT2D eigenvalue weighted by Crippen LogP contribution is 2.29. The Morgan fingerprint density at radius 3 is 2.81 bits per heavy atom. The van der Waals surface area contributed by atoms with Gasteiger partial charge in [-0.3, -0.25) is 4.57 Å². The molecule has 0 N–H and O–H groups in total. The molecule has 0 bridgehead atoms. The molecule has 0 aliphatic heterocycles. The van der Waals surface area contributed by atoms with E-state index < -0.39 is 5.97 Å². The molecule has 0 unspecified atom stereocenters. The van der Waals surface area contributed by atoms with Crippen molar-refractivity contribution >= 4 is 28.6 Å². The molecule has 0 aliphatic rings. The van der Waals surface area contributed by atoms with E-state index in [-0.39, 0.29) is 5.56 Å². The molecule has 2 aromatic carbocycles. The van der Waals surface area contributed by atoms with Crippen LogP contribution in [-0.4, -0.2) is 22.6 Å². The Morgan fingerprint density at radius 2 is 2.10 bits per heavy atom. The first-order valence-electron chi connectivity index (χ1n) is 6.12. The minimum absolute atomic E-state index is 0.0887. The zero-order valence-electron chi connectivity index (χ0n) is 11.0. The highest BCUT2D eigenvalue weighted by atomic mass is 35.5. The molecule has 0 amide bonds. The zero-order valence-corrected chi connectivity index (χ0v) is 11.8. The van der Waals surface area contributed by atoms with E-state index in [1.807, 2.05) is 0 Å². The Morgan fingerprint density at radius 1 is 1.29 bits per heavy atom. The number of carboxylic acids is 1. The van der Waals surface area contributed by atoms with Crippen molar-refractivity contribution in [3.63, 3.8) is 0 Å². The highest BCUT2D eigenvalue weighted by Gasteiger charge is 2.11. The molecular weight excluding hydrogens is 292 g/mol. The monoisotopic (exact) mass is 301 g/mol. The van der Waals surface area contributed by atoms with E-state index in [1.54, 1.807) is 42.3 Å². The number of rotatable bonds is 3. The minimum Gasteiger partial charge on any atom is -0.545 e. The van der Waals surface area contributed by atoms with Crippen LogP contribution < -0.4 is 9.84 Å². The number of benzene rings is 2. The molecule has 0 saturated heterocycles. The summed E-state index contributed by atoms with van der Waals surface area (Å²) in [5.41, 5.74) is 2.12. The van der Waals surface area contributed by atoms with E-state index in [4.69, 9.17) is 16.3 Å². The molecule has 1 heterocycles. The van der Waals surface area contributed by atoms with Crippen LogP contribution in [0.4, 0.5) is 0 Å². The SMILES string of the molecule is COc1ccc(Cl)cc1-n1cnc2cc(C(=O)[O-])ccc21. The molecule has 0 atom stereocenters. The van der Waals surface area contributed by atoms with Crippen LogP contribution in [0.2, 0.25) is 5.02 Å². The van der Waals surface area contributed by atoms with Gasteiger partial charge in [0.15, 0.2) is 0 Å². The van der Waals surface area contributed by atoms with Gasteiger partial charge in [-0.25, -0.2) is 4.98 Å². The lowest BCUT2D eigenvalue weighted by Gasteiger charge is -2.11. The number of halogens is 1. The average Bonchev–Trinajstić information content (AvgIpc) is 2.89. The van der Waals surface area contributed by atoms with Crippen LogP contribution in [0.15, 0.2) is 42.7 Å². The summed E-state index contributed by atoms with van der Waals surface area (Å²) in [6, 6.07) is 9.88. The van der Waals surface area contributed by atoms with Crippen molar-refractivity contribution in [1.29, 1.82) is 0 Å². The van der Waals surface area contributed by atoms with Gasteiger partial charge in [0.25, 0.3) is 0 Å². The van der Waals surface area contributed by atoms with E-state index >= 15 is 0 Å². The lowest BCUT2D eigenvalue weighted by atomic mass is 10.2. The molecule has 0 spiro atoms. The van der Waals surface area contributed by atoms with Gasteiger partial charge >= 0.3 is 0 Å². The molecule has 1 aromatic heterocycles. The van der Waals surface area contributed by atoms with Gasteiger partial charge in [-0.2, -0.15) is 0 Å². The second-order valence-corrected chi connectivity index (χ2v) is 4.86. The Bertz CT molecular complexity index is 842. The third-order valence-corrected chi connectivity index (χ3v) is 3.42. The van der Waals surface area contributed by atoms with Gasteiger partial charge in [0, 0.05) is 5.02 Å². The molecule has 3 rings (SSSR count). The van der Waals surface area contributed by atoms with Crippen molar-refractivity contribution in [2.45, 2.75) is 0 Å². The molecule has 6 heteroatoms. The van der Waals surface area contributed by atoms with Crippen molar-refractivity contribution in [3.8, 4) is 11.4 Å². The first kappa shape index (κ1) is 13.5. The number of hydrogen-bond acceptors (Lipinski definition) is 4. The maximum absolute atomic E-state index is 10.9. The molecular formula is C15H10ClN2O3-. The van der Waals surface area contributed by atoms with E-state index in [2.05, 4.69) is 4.98 Å². The molecule has 0 radical (unpaired) electrons. The lowest BCUT2D eigenvalue weighted by Crippen LogP contribution is -2.21. The van der Waals surface area contributed by atoms with Crippen molar-refractivity contribution in [2.75, 3.05) is 7.11 Å². The van der Waals surface area contributed by atoms with Gasteiger partial charge in [0.2, 0.25) is 0 Å². The van der Waals surface area contributed by atoms with Crippen molar-refractivity contribution < 1.29 is 14.6 Å². The molecule has 5 nitrogen and oxygen atoms in total. The van der Waals surface area contributed by atoms with Gasteiger partial charge in [-0.1, -0.05) is 17.7 Å². The molecule has 21 heavy (non-hydrogen) atoms. The fraction of sp³-hybridized carbons (Fsp3) is 0.0667. The van der Waals surface area contributed by atoms with Crippen LogP contribution in [0.1, 0.15) is 10.4 Å². The third-order valence-electron chi connectivity index (χ3n) is 3.18. The first-order valence-corrected chi connectivity index (χ1v) is 6.50. The molecule has 0 fully saturated rings. The van der Waals surface area contributed by atoms with Crippen LogP contribution >= 0.6 is 11.6 Å². The lowest BCUT2D eigenvalue weighted by molar-refractivity contribution is -0.255. The third kappa shape index (κ3) is 2.32. The highest BCUT2D eigenvalue weighted by molar-refractivity contribution is 6.30. The molecule has 3 aromatic rings. The number of carbonyl (C=O) groups is 1. The Labute approximate surface area is 125 Å². The standard InChI is InChI=1S/C15H11ClN2O3/c1-21-14-5-3-10(16)7-13(14)18-8-17-11-6-9(15(19)20)2-4-12(11)18/h2-8H,1H3,(H,19,20)/p-1. The summed E-state index contributed by atoms with van der Waals surface area (Å²) in [7, 11) is 1.57. The van der Waals surface area contributed by atoms with Crippen molar-refractivity contribution in [2.24, 2.45) is 0 Å². The number of carboxylic acid groups (broad SMARTS) is 1. The summed E-state index contributed by atoms with van der Waals surface area (Å²) in [4.78, 5) is 15.1. The van der Waals surface area contributed by atoms with Crippen LogP contribution in [0, 0.1) is 0 Å². The quantitative estimate of drug-likeness (QED) is 0.742. The van der Waals surface area contributed by atoms with Gasteiger partial charge in [-0.05, 0) is 35.9 Å². The Kier molecular flexibility index (Phi) is 3.27. The average molecular weight is 302 g/mol. The van der Waals surface area contributed by atoms with Crippen molar-refractivity contribution in [3.05, 3.63) is 53.3 Å². The summed E-state index contributed by atoms with van der Waals surface area (Å²) >= 11 is 6.03.